The number of aliphatic hydroxyl groups is 1. The minimum absolute atomic E-state index is 0.332. The van der Waals surface area contributed by atoms with E-state index in [0.29, 0.717) is 12.4 Å². The molecule has 0 spiro atoms. The summed E-state index contributed by atoms with van der Waals surface area (Å²) in [6, 6.07) is 0. The van der Waals surface area contributed by atoms with Gasteiger partial charge in [0.25, 0.3) is 0 Å². The van der Waals surface area contributed by atoms with Crippen LogP contribution >= 0.6 is 0 Å². The van der Waals surface area contributed by atoms with Gasteiger partial charge < -0.3 is 10.2 Å². The molecule has 0 fully saturated rings. The highest BCUT2D eigenvalue weighted by Crippen LogP contribution is 2.11. The average molecular weight is 241 g/mol. The van der Waals surface area contributed by atoms with E-state index < -0.39 is 11.6 Å². The van der Waals surface area contributed by atoms with Crippen molar-refractivity contribution in [3.05, 3.63) is 16.3 Å². The molecule has 7 nitrogen and oxygen atoms in total. The average Bonchev–Trinajstić information content (AvgIpc) is 2.56. The number of aromatic nitrogens is 3. The number of carboxylic acids is 1. The van der Waals surface area contributed by atoms with Crippen LogP contribution < -0.4 is 5.69 Å². The van der Waals surface area contributed by atoms with Gasteiger partial charge in [-0.25, -0.2) is 14.3 Å². The fraction of sp³-hybridized carbons (Fsp3) is 0.700. The van der Waals surface area contributed by atoms with Gasteiger partial charge in [-0.2, -0.15) is 5.10 Å². The zero-order chi connectivity index (χ0) is 12.6. The summed E-state index contributed by atoms with van der Waals surface area (Å²) in [5.41, 5.74) is -2.32. The third-order valence-corrected chi connectivity index (χ3v) is 2.95. The summed E-state index contributed by atoms with van der Waals surface area (Å²) in [5.74, 6) is -0.696. The quantitative estimate of drug-likeness (QED) is 0.723. The Labute approximate surface area is 97.3 Å². The highest BCUT2D eigenvalue weighted by Gasteiger charge is 2.32. The van der Waals surface area contributed by atoms with Crippen LogP contribution in [0.1, 0.15) is 25.6 Å². The van der Waals surface area contributed by atoms with Gasteiger partial charge in [-0.05, 0) is 19.8 Å². The molecule has 1 aromatic heterocycles. The van der Waals surface area contributed by atoms with Crippen molar-refractivity contribution in [2.24, 2.45) is 0 Å². The summed E-state index contributed by atoms with van der Waals surface area (Å²) in [4.78, 5) is 22.7. The predicted molar refractivity (Wildman–Crippen MR) is 57.7 cm³/mol. The summed E-state index contributed by atoms with van der Waals surface area (Å²) in [7, 11) is 0. The number of carbonyl (C=O) groups is 1. The molecule has 94 valence electrons. The molecule has 0 saturated heterocycles. The number of carboxylic acid groups (broad SMARTS) is 1. The molecule has 17 heavy (non-hydrogen) atoms. The van der Waals surface area contributed by atoms with Crippen LogP contribution in [0, 0.1) is 0 Å². The molecule has 0 radical (unpaired) electrons. The highest BCUT2D eigenvalue weighted by molar-refractivity contribution is 5.76. The molecule has 7 heteroatoms. The lowest BCUT2D eigenvalue weighted by Crippen LogP contribution is -2.42. The maximum atomic E-state index is 11.9. The highest BCUT2D eigenvalue weighted by atomic mass is 16.4. The summed E-state index contributed by atoms with van der Waals surface area (Å²) < 4.78 is 2.58. The van der Waals surface area contributed by atoms with Crippen molar-refractivity contribution in [2.75, 3.05) is 0 Å². The smallest absolute Gasteiger partial charge is 0.346 e. The number of aryl methyl sites for hydroxylation is 1. The Morgan fingerprint density at radius 3 is 2.82 bits per heavy atom. The van der Waals surface area contributed by atoms with Crippen molar-refractivity contribution in [1.29, 1.82) is 0 Å². The van der Waals surface area contributed by atoms with Crippen molar-refractivity contribution >= 4 is 5.97 Å². The van der Waals surface area contributed by atoms with Gasteiger partial charge in [-0.15, -0.1) is 0 Å². The van der Waals surface area contributed by atoms with E-state index in [9.17, 15) is 14.7 Å². The van der Waals surface area contributed by atoms with Crippen molar-refractivity contribution in [2.45, 2.75) is 44.9 Å². The van der Waals surface area contributed by atoms with Gasteiger partial charge in [-0.3, -0.25) is 4.57 Å². The van der Waals surface area contributed by atoms with E-state index in [-0.39, 0.29) is 12.2 Å². The van der Waals surface area contributed by atoms with E-state index in [4.69, 9.17) is 5.11 Å². The Balaban J connectivity index is 2.32. The lowest BCUT2D eigenvalue weighted by molar-refractivity contribution is -0.158. The van der Waals surface area contributed by atoms with Crippen LogP contribution in [0.4, 0.5) is 0 Å². The van der Waals surface area contributed by atoms with Crippen LogP contribution in [-0.2, 0) is 24.3 Å². The van der Waals surface area contributed by atoms with E-state index in [1.165, 1.54) is 0 Å². The largest absolute Gasteiger partial charge is 0.479 e. The third kappa shape index (κ3) is 2.10. The number of hydrogen-bond acceptors (Lipinski definition) is 4. The van der Waals surface area contributed by atoms with Gasteiger partial charge in [0.05, 0.1) is 6.54 Å². The first-order chi connectivity index (χ1) is 7.92. The van der Waals surface area contributed by atoms with E-state index in [2.05, 4.69) is 5.10 Å². The fourth-order valence-corrected chi connectivity index (χ4v) is 1.91. The number of rotatable bonds is 3. The van der Waals surface area contributed by atoms with Gasteiger partial charge in [0.15, 0.2) is 5.60 Å². The van der Waals surface area contributed by atoms with Crippen molar-refractivity contribution < 1.29 is 15.0 Å². The molecule has 2 N–H and O–H groups in total. The maximum absolute atomic E-state index is 11.9. The molecular weight excluding hydrogens is 226 g/mol. The van der Waals surface area contributed by atoms with Crippen LogP contribution in [0.15, 0.2) is 4.79 Å². The molecule has 1 unspecified atom stereocenters. The molecule has 1 atom stereocenters. The van der Waals surface area contributed by atoms with E-state index in [1.54, 1.807) is 4.57 Å². The van der Waals surface area contributed by atoms with Crippen LogP contribution in [0.25, 0.3) is 0 Å². The lowest BCUT2D eigenvalue weighted by Gasteiger charge is -2.16. The predicted octanol–water partition coefficient (Wildman–Crippen LogP) is -0.783. The van der Waals surface area contributed by atoms with Gasteiger partial charge in [-0.1, -0.05) is 0 Å². The molecule has 0 saturated carbocycles. The molecule has 2 heterocycles. The fourth-order valence-electron chi connectivity index (χ4n) is 1.91. The Bertz CT molecular complexity index is 500. The monoisotopic (exact) mass is 241 g/mol. The molecule has 2 rings (SSSR count). The van der Waals surface area contributed by atoms with E-state index in [1.807, 2.05) is 0 Å². The zero-order valence-corrected chi connectivity index (χ0v) is 9.59. The summed E-state index contributed by atoms with van der Waals surface area (Å²) in [6.07, 6.45) is 2.62. The standard InChI is InChI=1S/C10H15N3O4/c1-10(17,8(14)15)6-13-9(16)12-5-3-2-4-7(12)11-13/h17H,2-6H2,1H3,(H,14,15). The van der Waals surface area contributed by atoms with Gasteiger partial charge in [0, 0.05) is 13.0 Å². The first-order valence-corrected chi connectivity index (χ1v) is 5.54. The minimum Gasteiger partial charge on any atom is -0.479 e. The van der Waals surface area contributed by atoms with E-state index >= 15 is 0 Å². The zero-order valence-electron chi connectivity index (χ0n) is 9.59. The Morgan fingerprint density at radius 1 is 1.53 bits per heavy atom. The minimum atomic E-state index is -1.98. The second-order valence-electron chi connectivity index (χ2n) is 4.54. The van der Waals surface area contributed by atoms with Crippen LogP contribution in [0.3, 0.4) is 0 Å². The van der Waals surface area contributed by atoms with E-state index in [0.717, 1.165) is 30.9 Å². The molecule has 0 aromatic carbocycles. The van der Waals surface area contributed by atoms with Crippen LogP contribution in [-0.4, -0.2) is 36.1 Å². The molecule has 0 amide bonds. The SMILES string of the molecule is CC(O)(Cn1nc2n(c1=O)CCCC2)C(=O)O. The van der Waals surface area contributed by atoms with Gasteiger partial charge in [0.2, 0.25) is 0 Å². The summed E-state index contributed by atoms with van der Waals surface area (Å²) in [6.45, 7) is 1.44. The van der Waals surface area contributed by atoms with Gasteiger partial charge >= 0.3 is 11.7 Å². The second kappa shape index (κ2) is 3.99. The van der Waals surface area contributed by atoms with Crippen molar-refractivity contribution in [3.63, 3.8) is 0 Å². The Kier molecular flexibility index (Phi) is 2.78. The molecule has 1 aromatic rings. The van der Waals surface area contributed by atoms with Crippen LogP contribution in [0.2, 0.25) is 0 Å². The molecule has 1 aliphatic heterocycles. The molecule has 0 bridgehead atoms. The second-order valence-corrected chi connectivity index (χ2v) is 4.54. The maximum Gasteiger partial charge on any atom is 0.346 e. The van der Waals surface area contributed by atoms with Gasteiger partial charge in [0.1, 0.15) is 5.82 Å². The first kappa shape index (κ1) is 11.8. The molecular formula is C10H15N3O4. The van der Waals surface area contributed by atoms with Crippen LogP contribution in [0.5, 0.6) is 0 Å². The lowest BCUT2D eigenvalue weighted by atomic mass is 10.1. The van der Waals surface area contributed by atoms with Crippen molar-refractivity contribution in [3.8, 4) is 0 Å². The number of hydrogen-bond donors (Lipinski definition) is 2. The number of aliphatic carboxylic acids is 1. The first-order valence-electron chi connectivity index (χ1n) is 5.54. The normalized spacial score (nSPS) is 18.5. The molecule has 1 aliphatic rings. The van der Waals surface area contributed by atoms with Crippen molar-refractivity contribution in [1.82, 2.24) is 14.3 Å². The Hall–Kier alpha value is -1.63. The summed E-state index contributed by atoms with van der Waals surface area (Å²) >= 11 is 0. The summed E-state index contributed by atoms with van der Waals surface area (Å²) in [5, 5.41) is 22.5. The Morgan fingerprint density at radius 2 is 2.24 bits per heavy atom. The third-order valence-electron chi connectivity index (χ3n) is 2.95. The number of nitrogens with zero attached hydrogens (tertiary/aromatic N) is 3. The molecule has 0 aliphatic carbocycles. The topological polar surface area (TPSA) is 97.4 Å². The number of fused-ring (bicyclic) bond motifs is 1.